The summed E-state index contributed by atoms with van der Waals surface area (Å²) in [5.41, 5.74) is 0. The number of nitrogens with one attached hydrogen (secondary N) is 1. The van der Waals surface area contributed by atoms with Gasteiger partial charge in [0.2, 0.25) is 0 Å². The summed E-state index contributed by atoms with van der Waals surface area (Å²) in [6, 6.07) is 0.602. The van der Waals surface area contributed by atoms with Crippen molar-refractivity contribution in [3.05, 3.63) is 0 Å². The second-order valence-corrected chi connectivity index (χ2v) is 4.91. The van der Waals surface area contributed by atoms with E-state index in [-0.39, 0.29) is 6.10 Å². The SMILES string of the molecule is CCCCCCCC(C)NCCC(O)CC. The quantitative estimate of drug-likeness (QED) is 0.532. The summed E-state index contributed by atoms with van der Waals surface area (Å²) in [6.45, 7) is 7.48. The molecule has 0 bridgehead atoms. The highest BCUT2D eigenvalue weighted by Crippen LogP contribution is 2.07. The Bertz CT molecular complexity index is 139. The van der Waals surface area contributed by atoms with Crippen molar-refractivity contribution in [1.82, 2.24) is 5.32 Å². The van der Waals surface area contributed by atoms with E-state index in [2.05, 4.69) is 19.2 Å². The third-order valence-corrected chi connectivity index (χ3v) is 3.18. The summed E-state index contributed by atoms with van der Waals surface area (Å²) in [6.07, 6.45) is 9.70. The molecule has 2 unspecified atom stereocenters. The van der Waals surface area contributed by atoms with Crippen LogP contribution in [-0.2, 0) is 0 Å². The van der Waals surface area contributed by atoms with Gasteiger partial charge in [-0.1, -0.05) is 46.0 Å². The third kappa shape index (κ3) is 10.4. The maximum Gasteiger partial charge on any atom is 0.0549 e. The van der Waals surface area contributed by atoms with Crippen molar-refractivity contribution in [2.24, 2.45) is 0 Å². The molecule has 0 aliphatic carbocycles. The molecule has 16 heavy (non-hydrogen) atoms. The molecule has 2 atom stereocenters. The minimum Gasteiger partial charge on any atom is -0.393 e. The summed E-state index contributed by atoms with van der Waals surface area (Å²) in [7, 11) is 0. The van der Waals surface area contributed by atoms with E-state index in [0.29, 0.717) is 6.04 Å². The van der Waals surface area contributed by atoms with E-state index in [9.17, 15) is 5.11 Å². The van der Waals surface area contributed by atoms with Crippen molar-refractivity contribution in [2.75, 3.05) is 6.54 Å². The van der Waals surface area contributed by atoms with Gasteiger partial charge >= 0.3 is 0 Å². The van der Waals surface area contributed by atoms with Crippen LogP contribution in [-0.4, -0.2) is 23.8 Å². The minimum absolute atomic E-state index is 0.121. The van der Waals surface area contributed by atoms with Crippen LogP contribution in [0.3, 0.4) is 0 Å². The molecule has 0 aliphatic heterocycles. The molecule has 0 aromatic carbocycles. The number of hydrogen-bond donors (Lipinski definition) is 2. The number of unbranched alkanes of at least 4 members (excludes halogenated alkanes) is 4. The van der Waals surface area contributed by atoms with Crippen molar-refractivity contribution >= 4 is 0 Å². The molecule has 0 spiro atoms. The molecule has 0 rings (SSSR count). The van der Waals surface area contributed by atoms with Gasteiger partial charge in [-0.25, -0.2) is 0 Å². The predicted octanol–water partition coefficient (Wildman–Crippen LogP) is 3.49. The summed E-state index contributed by atoms with van der Waals surface area (Å²) in [4.78, 5) is 0. The fraction of sp³-hybridized carbons (Fsp3) is 1.00. The summed E-state index contributed by atoms with van der Waals surface area (Å²) >= 11 is 0. The van der Waals surface area contributed by atoms with Gasteiger partial charge in [0, 0.05) is 6.04 Å². The van der Waals surface area contributed by atoms with Crippen molar-refractivity contribution in [1.29, 1.82) is 0 Å². The van der Waals surface area contributed by atoms with Crippen LogP contribution in [0, 0.1) is 0 Å². The van der Waals surface area contributed by atoms with E-state index < -0.39 is 0 Å². The van der Waals surface area contributed by atoms with Gasteiger partial charge in [-0.3, -0.25) is 0 Å². The van der Waals surface area contributed by atoms with E-state index in [4.69, 9.17) is 0 Å². The van der Waals surface area contributed by atoms with E-state index >= 15 is 0 Å². The molecular formula is C14H31NO. The van der Waals surface area contributed by atoms with Gasteiger partial charge in [-0.15, -0.1) is 0 Å². The molecule has 0 aromatic rings. The number of rotatable bonds is 11. The maximum absolute atomic E-state index is 9.40. The van der Waals surface area contributed by atoms with Crippen molar-refractivity contribution in [3.8, 4) is 0 Å². The van der Waals surface area contributed by atoms with E-state index in [0.717, 1.165) is 19.4 Å². The number of hydrogen-bond acceptors (Lipinski definition) is 2. The van der Waals surface area contributed by atoms with Gasteiger partial charge in [-0.05, 0) is 32.7 Å². The average molecular weight is 229 g/mol. The molecule has 0 aromatic heterocycles. The molecule has 0 fully saturated rings. The highest BCUT2D eigenvalue weighted by molar-refractivity contribution is 4.63. The molecule has 0 radical (unpaired) electrons. The molecule has 0 aliphatic rings. The van der Waals surface area contributed by atoms with Gasteiger partial charge < -0.3 is 10.4 Å². The van der Waals surface area contributed by atoms with Crippen molar-refractivity contribution in [2.45, 2.75) is 84.3 Å². The van der Waals surface area contributed by atoms with Gasteiger partial charge in [0.1, 0.15) is 0 Å². The summed E-state index contributed by atoms with van der Waals surface area (Å²) in [5, 5.41) is 12.9. The molecule has 98 valence electrons. The van der Waals surface area contributed by atoms with Crippen LogP contribution >= 0.6 is 0 Å². The molecular weight excluding hydrogens is 198 g/mol. The first-order chi connectivity index (χ1) is 7.70. The molecule has 2 N–H and O–H groups in total. The largest absolute Gasteiger partial charge is 0.393 e. The number of aliphatic hydroxyl groups excluding tert-OH is 1. The lowest BCUT2D eigenvalue weighted by Gasteiger charge is -2.15. The zero-order valence-electron chi connectivity index (χ0n) is 11.5. The zero-order valence-corrected chi connectivity index (χ0v) is 11.5. The molecule has 0 saturated heterocycles. The Labute approximate surface area is 102 Å². The number of aliphatic hydroxyl groups is 1. The van der Waals surface area contributed by atoms with Gasteiger partial charge in [0.05, 0.1) is 6.10 Å². The van der Waals surface area contributed by atoms with Gasteiger partial charge in [0.15, 0.2) is 0 Å². The summed E-state index contributed by atoms with van der Waals surface area (Å²) in [5.74, 6) is 0. The van der Waals surface area contributed by atoms with Crippen LogP contribution in [0.15, 0.2) is 0 Å². The predicted molar refractivity (Wildman–Crippen MR) is 71.8 cm³/mol. The topological polar surface area (TPSA) is 32.3 Å². The first kappa shape index (κ1) is 15.9. The molecule has 2 nitrogen and oxygen atoms in total. The average Bonchev–Trinajstić information content (AvgIpc) is 2.28. The lowest BCUT2D eigenvalue weighted by atomic mass is 10.1. The van der Waals surface area contributed by atoms with E-state index in [1.807, 2.05) is 6.92 Å². The van der Waals surface area contributed by atoms with E-state index in [1.165, 1.54) is 38.5 Å². The fourth-order valence-corrected chi connectivity index (χ4v) is 1.86. The Morgan fingerprint density at radius 3 is 2.31 bits per heavy atom. The Morgan fingerprint density at radius 2 is 1.69 bits per heavy atom. The van der Waals surface area contributed by atoms with Crippen LogP contribution < -0.4 is 5.32 Å². The lowest BCUT2D eigenvalue weighted by molar-refractivity contribution is 0.158. The maximum atomic E-state index is 9.40. The molecule has 0 amide bonds. The molecule has 0 saturated carbocycles. The lowest BCUT2D eigenvalue weighted by Crippen LogP contribution is -2.29. The normalized spacial score (nSPS) is 15.0. The molecule has 2 heteroatoms. The third-order valence-electron chi connectivity index (χ3n) is 3.18. The Kier molecular flexibility index (Phi) is 11.3. The second kappa shape index (κ2) is 11.4. The fourth-order valence-electron chi connectivity index (χ4n) is 1.86. The highest BCUT2D eigenvalue weighted by atomic mass is 16.3. The van der Waals surface area contributed by atoms with Crippen molar-refractivity contribution in [3.63, 3.8) is 0 Å². The standard InChI is InChI=1S/C14H31NO/c1-4-6-7-8-9-10-13(3)15-12-11-14(16)5-2/h13-16H,4-12H2,1-3H3. The van der Waals surface area contributed by atoms with Crippen LogP contribution in [0.4, 0.5) is 0 Å². The van der Waals surface area contributed by atoms with E-state index in [1.54, 1.807) is 0 Å². The Balaban J connectivity index is 3.21. The van der Waals surface area contributed by atoms with Gasteiger partial charge in [0.25, 0.3) is 0 Å². The van der Waals surface area contributed by atoms with Crippen LogP contribution in [0.1, 0.15) is 72.1 Å². The Morgan fingerprint density at radius 1 is 1.00 bits per heavy atom. The zero-order chi connectivity index (χ0) is 12.2. The second-order valence-electron chi connectivity index (χ2n) is 4.91. The first-order valence-corrected chi connectivity index (χ1v) is 7.12. The van der Waals surface area contributed by atoms with Crippen LogP contribution in [0.5, 0.6) is 0 Å². The monoisotopic (exact) mass is 229 g/mol. The smallest absolute Gasteiger partial charge is 0.0549 e. The van der Waals surface area contributed by atoms with Crippen LogP contribution in [0.25, 0.3) is 0 Å². The highest BCUT2D eigenvalue weighted by Gasteiger charge is 2.03. The first-order valence-electron chi connectivity index (χ1n) is 7.12. The molecule has 0 heterocycles. The Hall–Kier alpha value is -0.0800. The minimum atomic E-state index is -0.121. The van der Waals surface area contributed by atoms with Crippen molar-refractivity contribution < 1.29 is 5.11 Å². The summed E-state index contributed by atoms with van der Waals surface area (Å²) < 4.78 is 0. The van der Waals surface area contributed by atoms with Gasteiger partial charge in [-0.2, -0.15) is 0 Å². The van der Waals surface area contributed by atoms with Crippen LogP contribution in [0.2, 0.25) is 0 Å².